The minimum absolute atomic E-state index is 0.321. The molecular weight excluding hydrogens is 338 g/mol. The number of fused-ring (bicyclic) bond motifs is 1. The fourth-order valence-corrected chi connectivity index (χ4v) is 2.94. The molecule has 0 bridgehead atoms. The van der Waals surface area contributed by atoms with Crippen LogP contribution in [0.2, 0.25) is 5.15 Å². The summed E-state index contributed by atoms with van der Waals surface area (Å²) in [4.78, 5) is 20.0. The number of nitrogens with one attached hydrogen (secondary N) is 2. The summed E-state index contributed by atoms with van der Waals surface area (Å²) in [6, 6.07) is 10.1. The predicted molar refractivity (Wildman–Crippen MR) is 99.0 cm³/mol. The Bertz CT molecular complexity index is 866. The van der Waals surface area contributed by atoms with Crippen LogP contribution in [0.15, 0.2) is 36.5 Å². The lowest BCUT2D eigenvalue weighted by atomic mass is 10.2. The van der Waals surface area contributed by atoms with Gasteiger partial charge in [0, 0.05) is 32.7 Å². The van der Waals surface area contributed by atoms with E-state index in [1.165, 1.54) is 0 Å². The van der Waals surface area contributed by atoms with Crippen molar-refractivity contribution >= 4 is 34.5 Å². The Hall–Kier alpha value is -2.51. The third kappa shape index (κ3) is 3.62. The highest BCUT2D eigenvalue weighted by atomic mass is 35.5. The van der Waals surface area contributed by atoms with E-state index in [-0.39, 0.29) is 0 Å². The smallest absolute Gasteiger partial charge is 0.227 e. The maximum absolute atomic E-state index is 6.25. The fraction of sp³-hybridized carbons (Fsp3) is 0.294. The van der Waals surface area contributed by atoms with Gasteiger partial charge in [0.05, 0.1) is 6.20 Å². The zero-order valence-corrected chi connectivity index (χ0v) is 14.4. The lowest BCUT2D eigenvalue weighted by Gasteiger charge is -2.27. The molecule has 25 heavy (non-hydrogen) atoms. The number of rotatable bonds is 4. The molecule has 7 nitrogen and oxygen atoms in total. The van der Waals surface area contributed by atoms with Crippen molar-refractivity contribution in [3.8, 4) is 0 Å². The van der Waals surface area contributed by atoms with E-state index < -0.39 is 0 Å². The predicted octanol–water partition coefficient (Wildman–Crippen LogP) is 2.09. The Morgan fingerprint density at radius 3 is 2.68 bits per heavy atom. The molecule has 3 heterocycles. The SMILES string of the molecule is Clc1nc2cnc(N3CCNCC3)nc2nc1NCc1ccccc1. The third-order valence-corrected chi connectivity index (χ3v) is 4.34. The van der Waals surface area contributed by atoms with Gasteiger partial charge in [-0.3, -0.25) is 0 Å². The van der Waals surface area contributed by atoms with E-state index >= 15 is 0 Å². The van der Waals surface area contributed by atoms with Crippen LogP contribution in [0.4, 0.5) is 11.8 Å². The van der Waals surface area contributed by atoms with E-state index in [9.17, 15) is 0 Å². The topological polar surface area (TPSA) is 78.9 Å². The number of benzene rings is 1. The molecule has 2 N–H and O–H groups in total. The molecule has 1 saturated heterocycles. The average molecular weight is 356 g/mol. The number of anilines is 2. The average Bonchev–Trinajstić information content (AvgIpc) is 2.67. The first kappa shape index (κ1) is 16.0. The quantitative estimate of drug-likeness (QED) is 0.741. The van der Waals surface area contributed by atoms with E-state index in [1.54, 1.807) is 6.20 Å². The van der Waals surface area contributed by atoms with Gasteiger partial charge in [-0.25, -0.2) is 15.0 Å². The molecule has 2 aromatic heterocycles. The summed E-state index contributed by atoms with van der Waals surface area (Å²) in [7, 11) is 0. The Morgan fingerprint density at radius 1 is 1.08 bits per heavy atom. The summed E-state index contributed by atoms with van der Waals surface area (Å²) in [6.45, 7) is 4.24. The van der Waals surface area contributed by atoms with Crippen LogP contribution >= 0.6 is 11.6 Å². The number of halogens is 1. The van der Waals surface area contributed by atoms with Crippen LogP contribution in [0.5, 0.6) is 0 Å². The Labute approximate surface area is 150 Å². The van der Waals surface area contributed by atoms with Gasteiger partial charge in [0.15, 0.2) is 16.6 Å². The van der Waals surface area contributed by atoms with Crippen LogP contribution in [0.3, 0.4) is 0 Å². The molecule has 4 rings (SSSR count). The molecule has 0 atom stereocenters. The van der Waals surface area contributed by atoms with Crippen LogP contribution in [-0.2, 0) is 6.54 Å². The van der Waals surface area contributed by atoms with Gasteiger partial charge in [-0.15, -0.1) is 0 Å². The highest BCUT2D eigenvalue weighted by molar-refractivity contribution is 6.32. The van der Waals surface area contributed by atoms with Crippen molar-refractivity contribution in [1.29, 1.82) is 0 Å². The van der Waals surface area contributed by atoms with Gasteiger partial charge < -0.3 is 15.5 Å². The molecule has 0 saturated carbocycles. The third-order valence-electron chi connectivity index (χ3n) is 4.07. The maximum Gasteiger partial charge on any atom is 0.227 e. The highest BCUT2D eigenvalue weighted by Crippen LogP contribution is 2.22. The molecule has 1 aliphatic heterocycles. The number of nitrogens with zero attached hydrogens (tertiary/aromatic N) is 5. The molecule has 8 heteroatoms. The number of aromatic nitrogens is 4. The highest BCUT2D eigenvalue weighted by Gasteiger charge is 2.15. The lowest BCUT2D eigenvalue weighted by molar-refractivity contribution is 0.580. The second-order valence-electron chi connectivity index (χ2n) is 5.82. The van der Waals surface area contributed by atoms with Gasteiger partial charge in [-0.05, 0) is 5.56 Å². The van der Waals surface area contributed by atoms with E-state index in [1.807, 2.05) is 30.3 Å². The summed E-state index contributed by atoms with van der Waals surface area (Å²) in [5.41, 5.74) is 2.28. The van der Waals surface area contributed by atoms with E-state index in [4.69, 9.17) is 11.6 Å². The Morgan fingerprint density at radius 2 is 1.88 bits per heavy atom. The molecular formula is C17H18ClN7. The van der Waals surface area contributed by atoms with Gasteiger partial charge in [-0.2, -0.15) is 4.98 Å². The molecule has 128 valence electrons. The zero-order valence-electron chi connectivity index (χ0n) is 13.6. The molecule has 0 amide bonds. The maximum atomic E-state index is 6.25. The van der Waals surface area contributed by atoms with Gasteiger partial charge in [-0.1, -0.05) is 41.9 Å². The summed E-state index contributed by atoms with van der Waals surface area (Å²) in [5.74, 6) is 1.21. The van der Waals surface area contributed by atoms with Crippen molar-refractivity contribution in [3.05, 3.63) is 47.2 Å². The number of piperazine rings is 1. The standard InChI is InChI=1S/C17H18ClN7/c18-14-16(20-10-12-4-2-1-3-5-12)23-15-13(22-14)11-21-17(24-15)25-8-6-19-7-9-25/h1-5,11,19H,6-10H2,(H,20,21,23,24). The molecule has 1 aromatic carbocycles. The molecule has 0 aliphatic carbocycles. The van der Waals surface area contributed by atoms with Crippen LogP contribution in [0, 0.1) is 0 Å². The van der Waals surface area contributed by atoms with Crippen LogP contribution in [-0.4, -0.2) is 46.1 Å². The van der Waals surface area contributed by atoms with Gasteiger partial charge in [0.1, 0.15) is 5.52 Å². The normalized spacial score (nSPS) is 14.7. The Kier molecular flexibility index (Phi) is 4.58. The van der Waals surface area contributed by atoms with E-state index in [2.05, 4.69) is 35.5 Å². The number of hydrogen-bond acceptors (Lipinski definition) is 7. The largest absolute Gasteiger partial charge is 0.363 e. The summed E-state index contributed by atoms with van der Waals surface area (Å²) >= 11 is 6.25. The zero-order chi connectivity index (χ0) is 17.1. The van der Waals surface area contributed by atoms with Crippen molar-refractivity contribution in [1.82, 2.24) is 25.3 Å². The van der Waals surface area contributed by atoms with E-state index in [0.29, 0.717) is 34.6 Å². The Balaban J connectivity index is 1.59. The molecule has 1 aliphatic rings. The summed E-state index contributed by atoms with van der Waals surface area (Å²) in [5, 5.41) is 6.87. The second-order valence-corrected chi connectivity index (χ2v) is 6.18. The monoisotopic (exact) mass is 355 g/mol. The van der Waals surface area contributed by atoms with E-state index in [0.717, 1.165) is 31.7 Å². The summed E-state index contributed by atoms with van der Waals surface area (Å²) < 4.78 is 0. The summed E-state index contributed by atoms with van der Waals surface area (Å²) in [6.07, 6.45) is 1.68. The van der Waals surface area contributed by atoms with Crippen molar-refractivity contribution in [2.24, 2.45) is 0 Å². The molecule has 0 spiro atoms. The molecule has 0 radical (unpaired) electrons. The van der Waals surface area contributed by atoms with Crippen molar-refractivity contribution < 1.29 is 0 Å². The van der Waals surface area contributed by atoms with Crippen LogP contribution in [0.25, 0.3) is 11.2 Å². The number of hydrogen-bond donors (Lipinski definition) is 2. The molecule has 3 aromatic rings. The van der Waals surface area contributed by atoms with Gasteiger partial charge in [0.25, 0.3) is 0 Å². The molecule has 0 unspecified atom stereocenters. The minimum atomic E-state index is 0.321. The van der Waals surface area contributed by atoms with Gasteiger partial charge >= 0.3 is 0 Å². The lowest BCUT2D eigenvalue weighted by Crippen LogP contribution is -2.44. The van der Waals surface area contributed by atoms with Crippen molar-refractivity contribution in [2.75, 3.05) is 36.4 Å². The first-order valence-electron chi connectivity index (χ1n) is 8.23. The first-order valence-corrected chi connectivity index (χ1v) is 8.61. The first-order chi connectivity index (χ1) is 12.3. The second kappa shape index (κ2) is 7.16. The van der Waals surface area contributed by atoms with Crippen LogP contribution < -0.4 is 15.5 Å². The minimum Gasteiger partial charge on any atom is -0.363 e. The van der Waals surface area contributed by atoms with Crippen molar-refractivity contribution in [2.45, 2.75) is 6.54 Å². The fourth-order valence-electron chi connectivity index (χ4n) is 2.74. The van der Waals surface area contributed by atoms with Crippen LogP contribution in [0.1, 0.15) is 5.56 Å². The van der Waals surface area contributed by atoms with Crippen molar-refractivity contribution in [3.63, 3.8) is 0 Å². The van der Waals surface area contributed by atoms with Gasteiger partial charge in [0.2, 0.25) is 5.95 Å². The molecule has 1 fully saturated rings.